The minimum atomic E-state index is -3.78. The lowest BCUT2D eigenvalue weighted by Crippen LogP contribution is -2.17. The van der Waals surface area contributed by atoms with Crippen LogP contribution < -0.4 is 4.72 Å². The Hall–Kier alpha value is -1.12. The zero-order valence-corrected chi connectivity index (χ0v) is 13.2. The molecule has 0 saturated heterocycles. The zero-order chi connectivity index (χ0) is 14.2. The fourth-order valence-electron chi connectivity index (χ4n) is 1.47. The van der Waals surface area contributed by atoms with Crippen LogP contribution in [0.2, 0.25) is 5.02 Å². The van der Waals surface area contributed by atoms with E-state index in [1.165, 1.54) is 11.7 Å². The van der Waals surface area contributed by atoms with Gasteiger partial charge in [-0.3, -0.25) is 4.72 Å². The Morgan fingerprint density at radius 2 is 2.11 bits per heavy atom. The molecule has 0 atom stereocenters. The van der Waals surface area contributed by atoms with Gasteiger partial charge in [-0.1, -0.05) is 22.9 Å². The second kappa shape index (κ2) is 5.10. The van der Waals surface area contributed by atoms with Gasteiger partial charge in [0.15, 0.2) is 4.60 Å². The summed E-state index contributed by atoms with van der Waals surface area (Å²) in [6.45, 7) is 1.84. The monoisotopic (exact) mass is 364 g/mol. The molecule has 0 unspecified atom stereocenters. The molecule has 102 valence electrons. The fraction of sp³-hybridized carbons (Fsp3) is 0.200. The predicted molar refractivity (Wildman–Crippen MR) is 75.7 cm³/mol. The van der Waals surface area contributed by atoms with E-state index in [0.29, 0.717) is 10.7 Å². The number of sulfonamides is 1. The van der Waals surface area contributed by atoms with Crippen LogP contribution in [0, 0.1) is 6.92 Å². The van der Waals surface area contributed by atoms with E-state index in [2.05, 4.69) is 31.0 Å². The lowest BCUT2D eigenvalue weighted by atomic mass is 10.2. The van der Waals surface area contributed by atoms with Crippen LogP contribution in [-0.4, -0.2) is 23.4 Å². The molecule has 1 aromatic carbocycles. The summed E-state index contributed by atoms with van der Waals surface area (Å²) in [6, 6.07) is 4.92. The standard InChI is InChI=1S/C10H10BrClN4O2S/c1-6-3-4-7(5-8(6)12)14-19(17,18)10-9(11)13-15-16(10)2/h3-5,14H,1-2H3. The molecule has 19 heavy (non-hydrogen) atoms. The Morgan fingerprint density at radius 3 is 2.63 bits per heavy atom. The number of nitrogens with zero attached hydrogens (tertiary/aromatic N) is 3. The first-order valence-corrected chi connectivity index (χ1v) is 7.81. The van der Waals surface area contributed by atoms with E-state index in [1.54, 1.807) is 18.2 Å². The molecule has 1 aromatic heterocycles. The minimum absolute atomic E-state index is 0.0517. The number of benzene rings is 1. The number of aromatic nitrogens is 3. The van der Waals surface area contributed by atoms with E-state index in [-0.39, 0.29) is 9.63 Å². The second-order valence-corrected chi connectivity index (χ2v) is 6.63. The SMILES string of the molecule is Cc1ccc(NS(=O)(=O)c2c(Br)nnn2C)cc1Cl. The van der Waals surface area contributed by atoms with Gasteiger partial charge in [-0.25, -0.2) is 4.68 Å². The van der Waals surface area contributed by atoms with Crippen molar-refractivity contribution in [2.24, 2.45) is 7.05 Å². The summed E-state index contributed by atoms with van der Waals surface area (Å²) in [5.74, 6) is 0. The van der Waals surface area contributed by atoms with Crippen molar-refractivity contribution in [3.63, 3.8) is 0 Å². The van der Waals surface area contributed by atoms with Crippen LogP contribution >= 0.6 is 27.5 Å². The summed E-state index contributed by atoms with van der Waals surface area (Å²) in [5.41, 5.74) is 1.25. The predicted octanol–water partition coefficient (Wildman–Crippen LogP) is 2.34. The van der Waals surface area contributed by atoms with Gasteiger partial charge in [0.1, 0.15) is 0 Å². The Bertz CT molecular complexity index is 710. The average molecular weight is 366 g/mol. The largest absolute Gasteiger partial charge is 0.281 e. The van der Waals surface area contributed by atoms with Gasteiger partial charge < -0.3 is 0 Å². The normalized spacial score (nSPS) is 11.6. The molecule has 0 radical (unpaired) electrons. The van der Waals surface area contributed by atoms with Crippen LogP contribution in [0.15, 0.2) is 27.8 Å². The molecule has 1 heterocycles. The van der Waals surface area contributed by atoms with Crippen molar-refractivity contribution in [3.8, 4) is 0 Å². The first-order chi connectivity index (χ1) is 8.81. The van der Waals surface area contributed by atoms with Gasteiger partial charge in [-0.05, 0) is 40.5 Å². The molecular weight excluding hydrogens is 356 g/mol. The topological polar surface area (TPSA) is 76.9 Å². The lowest BCUT2D eigenvalue weighted by molar-refractivity contribution is 0.578. The molecule has 0 aliphatic rings. The van der Waals surface area contributed by atoms with Crippen molar-refractivity contribution in [1.29, 1.82) is 0 Å². The van der Waals surface area contributed by atoms with Crippen molar-refractivity contribution in [2.45, 2.75) is 11.9 Å². The number of rotatable bonds is 3. The van der Waals surface area contributed by atoms with Gasteiger partial charge in [0, 0.05) is 12.1 Å². The van der Waals surface area contributed by atoms with Crippen LogP contribution in [0.3, 0.4) is 0 Å². The van der Waals surface area contributed by atoms with Crippen LogP contribution in [0.25, 0.3) is 0 Å². The average Bonchev–Trinajstić information content (AvgIpc) is 2.64. The third kappa shape index (κ3) is 2.90. The van der Waals surface area contributed by atoms with Gasteiger partial charge in [-0.2, -0.15) is 8.42 Å². The Morgan fingerprint density at radius 1 is 1.42 bits per heavy atom. The molecule has 0 saturated carbocycles. The van der Waals surface area contributed by atoms with E-state index >= 15 is 0 Å². The van der Waals surface area contributed by atoms with E-state index < -0.39 is 10.0 Å². The molecule has 2 aromatic rings. The van der Waals surface area contributed by atoms with Gasteiger partial charge in [0.2, 0.25) is 5.03 Å². The van der Waals surface area contributed by atoms with E-state index in [4.69, 9.17) is 11.6 Å². The first kappa shape index (κ1) is 14.3. The molecule has 6 nitrogen and oxygen atoms in total. The maximum Gasteiger partial charge on any atom is 0.281 e. The van der Waals surface area contributed by atoms with Gasteiger partial charge in [0.05, 0.1) is 5.69 Å². The first-order valence-electron chi connectivity index (χ1n) is 5.15. The summed E-state index contributed by atoms with van der Waals surface area (Å²) >= 11 is 9.01. The Labute approximate surface area is 123 Å². The number of anilines is 1. The minimum Gasteiger partial charge on any atom is -0.278 e. The molecule has 0 amide bonds. The highest BCUT2D eigenvalue weighted by Gasteiger charge is 2.24. The Balaban J connectivity index is 2.39. The molecule has 2 rings (SSSR count). The van der Waals surface area contributed by atoms with Crippen molar-refractivity contribution >= 4 is 43.2 Å². The lowest BCUT2D eigenvalue weighted by Gasteiger charge is -2.09. The fourth-order valence-corrected chi connectivity index (χ4v) is 3.80. The molecule has 0 fully saturated rings. The van der Waals surface area contributed by atoms with Crippen LogP contribution in [-0.2, 0) is 17.1 Å². The number of nitrogens with one attached hydrogen (secondary N) is 1. The van der Waals surface area contributed by atoms with Crippen molar-refractivity contribution in [2.75, 3.05) is 4.72 Å². The molecular formula is C10H10BrClN4O2S. The highest BCUT2D eigenvalue weighted by Crippen LogP contribution is 2.24. The third-order valence-corrected chi connectivity index (χ3v) is 5.09. The molecule has 0 bridgehead atoms. The van der Waals surface area contributed by atoms with E-state index in [0.717, 1.165) is 5.56 Å². The van der Waals surface area contributed by atoms with Crippen LogP contribution in [0.5, 0.6) is 0 Å². The van der Waals surface area contributed by atoms with Crippen LogP contribution in [0.1, 0.15) is 5.56 Å². The van der Waals surface area contributed by atoms with Crippen LogP contribution in [0.4, 0.5) is 5.69 Å². The van der Waals surface area contributed by atoms with Gasteiger partial charge in [0.25, 0.3) is 10.0 Å². The number of halogens is 2. The van der Waals surface area contributed by atoms with Crippen molar-refractivity contribution < 1.29 is 8.42 Å². The van der Waals surface area contributed by atoms with Crippen molar-refractivity contribution in [3.05, 3.63) is 33.4 Å². The summed E-state index contributed by atoms with van der Waals surface area (Å²) in [7, 11) is -2.28. The van der Waals surface area contributed by atoms with Gasteiger partial charge in [-0.15, -0.1) is 5.10 Å². The summed E-state index contributed by atoms with van der Waals surface area (Å²) in [6.07, 6.45) is 0. The molecule has 0 aliphatic heterocycles. The van der Waals surface area contributed by atoms with Gasteiger partial charge >= 0.3 is 0 Å². The molecule has 0 spiro atoms. The number of aryl methyl sites for hydroxylation is 2. The molecule has 1 N–H and O–H groups in total. The van der Waals surface area contributed by atoms with E-state index in [1.807, 2.05) is 6.92 Å². The summed E-state index contributed by atoms with van der Waals surface area (Å²) < 4.78 is 28.2. The highest BCUT2D eigenvalue weighted by atomic mass is 79.9. The quantitative estimate of drug-likeness (QED) is 0.905. The maximum atomic E-state index is 12.2. The zero-order valence-electron chi connectivity index (χ0n) is 10.1. The summed E-state index contributed by atoms with van der Waals surface area (Å²) in [4.78, 5) is 0. The maximum absolute atomic E-state index is 12.2. The number of hydrogen-bond donors (Lipinski definition) is 1. The van der Waals surface area contributed by atoms with E-state index in [9.17, 15) is 8.42 Å². The summed E-state index contributed by atoms with van der Waals surface area (Å²) in [5, 5.41) is 7.71. The second-order valence-electron chi connectivity index (χ2n) is 3.88. The highest BCUT2D eigenvalue weighted by molar-refractivity contribution is 9.10. The third-order valence-electron chi connectivity index (χ3n) is 2.42. The molecule has 9 heteroatoms. The van der Waals surface area contributed by atoms with Crippen molar-refractivity contribution in [1.82, 2.24) is 15.0 Å². The number of hydrogen-bond acceptors (Lipinski definition) is 4. The smallest absolute Gasteiger partial charge is 0.278 e. The Kier molecular flexibility index (Phi) is 3.84. The molecule has 0 aliphatic carbocycles.